The summed E-state index contributed by atoms with van der Waals surface area (Å²) in [6, 6.07) is 0.279. The highest BCUT2D eigenvalue weighted by atomic mass is 16.3. The van der Waals surface area contributed by atoms with Crippen molar-refractivity contribution in [2.45, 2.75) is 51.7 Å². The van der Waals surface area contributed by atoms with Crippen LogP contribution in [0.3, 0.4) is 0 Å². The van der Waals surface area contributed by atoms with Crippen LogP contribution in [0.1, 0.15) is 39.5 Å². The first-order valence-electron chi connectivity index (χ1n) is 4.57. The molecule has 2 heteroatoms. The van der Waals surface area contributed by atoms with Gasteiger partial charge >= 0.3 is 0 Å². The van der Waals surface area contributed by atoms with Crippen LogP contribution in [0.25, 0.3) is 0 Å². The number of nitrogens with one attached hydrogen (secondary N) is 1. The fraction of sp³-hybridized carbons (Fsp3) is 1.00. The molecular weight excluding hydrogens is 138 g/mol. The van der Waals surface area contributed by atoms with Gasteiger partial charge in [-0.1, -0.05) is 26.2 Å². The molecule has 0 aliphatic heterocycles. The highest BCUT2D eigenvalue weighted by Gasteiger charge is 2.10. The maximum Gasteiger partial charge on any atom is 0.0664 e. The van der Waals surface area contributed by atoms with Crippen molar-refractivity contribution in [2.24, 2.45) is 0 Å². The molecule has 0 aromatic carbocycles. The van der Waals surface area contributed by atoms with Gasteiger partial charge < -0.3 is 10.4 Å². The molecule has 2 unspecified atom stereocenters. The molecule has 2 N–H and O–H groups in total. The summed E-state index contributed by atoms with van der Waals surface area (Å²) < 4.78 is 0. The van der Waals surface area contributed by atoms with E-state index in [0.29, 0.717) is 0 Å². The summed E-state index contributed by atoms with van der Waals surface area (Å²) in [5, 5.41) is 12.4. The van der Waals surface area contributed by atoms with Gasteiger partial charge in [-0.15, -0.1) is 0 Å². The third-order valence-electron chi connectivity index (χ3n) is 2.07. The van der Waals surface area contributed by atoms with Crippen LogP contribution in [0.15, 0.2) is 0 Å². The lowest BCUT2D eigenvalue weighted by Gasteiger charge is -2.18. The smallest absolute Gasteiger partial charge is 0.0664 e. The minimum absolute atomic E-state index is 0.225. The number of hydrogen-bond donors (Lipinski definition) is 2. The lowest BCUT2D eigenvalue weighted by molar-refractivity contribution is 0.143. The number of aliphatic hydroxyl groups excluding tert-OH is 1. The van der Waals surface area contributed by atoms with Gasteiger partial charge in [0.2, 0.25) is 0 Å². The Morgan fingerprint density at radius 1 is 1.36 bits per heavy atom. The van der Waals surface area contributed by atoms with E-state index in [9.17, 15) is 5.11 Å². The van der Waals surface area contributed by atoms with Gasteiger partial charge in [0.25, 0.3) is 0 Å². The number of likely N-dealkylation sites (N-methyl/N-ethyl adjacent to an activating group) is 1. The molecule has 0 radical (unpaired) electrons. The van der Waals surface area contributed by atoms with Crippen LogP contribution in [-0.4, -0.2) is 24.3 Å². The SMILES string of the molecule is CCCCCC(NC)C(C)O. The van der Waals surface area contributed by atoms with Gasteiger partial charge in [-0.25, -0.2) is 0 Å². The van der Waals surface area contributed by atoms with Crippen LogP contribution >= 0.6 is 0 Å². The van der Waals surface area contributed by atoms with Crippen LogP contribution in [0.2, 0.25) is 0 Å². The maximum absolute atomic E-state index is 9.25. The fourth-order valence-electron chi connectivity index (χ4n) is 1.24. The molecule has 0 aliphatic rings. The third-order valence-corrected chi connectivity index (χ3v) is 2.07. The van der Waals surface area contributed by atoms with E-state index < -0.39 is 0 Å². The first-order valence-corrected chi connectivity index (χ1v) is 4.57. The first kappa shape index (κ1) is 10.9. The molecule has 0 saturated carbocycles. The van der Waals surface area contributed by atoms with Gasteiger partial charge in [-0.05, 0) is 20.4 Å². The Balaban J connectivity index is 3.36. The average Bonchev–Trinajstić information content (AvgIpc) is 1.97. The van der Waals surface area contributed by atoms with E-state index in [1.807, 2.05) is 14.0 Å². The predicted octanol–water partition coefficient (Wildman–Crippen LogP) is 1.54. The number of unbranched alkanes of at least 4 members (excludes halogenated alkanes) is 2. The van der Waals surface area contributed by atoms with Crippen LogP contribution in [0.5, 0.6) is 0 Å². The molecule has 0 fully saturated rings. The second-order valence-electron chi connectivity index (χ2n) is 3.13. The van der Waals surface area contributed by atoms with E-state index in [-0.39, 0.29) is 12.1 Å². The van der Waals surface area contributed by atoms with Gasteiger partial charge in [-0.2, -0.15) is 0 Å². The Hall–Kier alpha value is -0.0800. The zero-order chi connectivity index (χ0) is 8.69. The van der Waals surface area contributed by atoms with Crippen LogP contribution in [0.4, 0.5) is 0 Å². The van der Waals surface area contributed by atoms with E-state index in [1.54, 1.807) is 0 Å². The minimum atomic E-state index is -0.225. The third kappa shape index (κ3) is 5.22. The lowest BCUT2D eigenvalue weighted by atomic mass is 10.0. The minimum Gasteiger partial charge on any atom is -0.392 e. The van der Waals surface area contributed by atoms with E-state index in [0.717, 1.165) is 6.42 Å². The van der Waals surface area contributed by atoms with Crippen molar-refractivity contribution in [3.05, 3.63) is 0 Å². The molecule has 0 aromatic rings. The highest BCUT2D eigenvalue weighted by molar-refractivity contribution is 4.69. The van der Waals surface area contributed by atoms with Gasteiger partial charge in [0.1, 0.15) is 0 Å². The van der Waals surface area contributed by atoms with Gasteiger partial charge in [0.05, 0.1) is 6.10 Å². The summed E-state index contributed by atoms with van der Waals surface area (Å²) >= 11 is 0. The molecule has 2 atom stereocenters. The topological polar surface area (TPSA) is 32.3 Å². The van der Waals surface area contributed by atoms with E-state index in [4.69, 9.17) is 0 Å². The largest absolute Gasteiger partial charge is 0.392 e. The average molecular weight is 159 g/mol. The van der Waals surface area contributed by atoms with Crippen molar-refractivity contribution in [1.29, 1.82) is 0 Å². The van der Waals surface area contributed by atoms with Crippen molar-refractivity contribution >= 4 is 0 Å². The molecule has 68 valence electrons. The second-order valence-corrected chi connectivity index (χ2v) is 3.13. The predicted molar refractivity (Wildman–Crippen MR) is 48.7 cm³/mol. The molecule has 0 amide bonds. The molecule has 0 rings (SSSR count). The summed E-state index contributed by atoms with van der Waals surface area (Å²) in [4.78, 5) is 0. The van der Waals surface area contributed by atoms with Crippen molar-refractivity contribution in [1.82, 2.24) is 5.32 Å². The number of hydrogen-bond acceptors (Lipinski definition) is 2. The summed E-state index contributed by atoms with van der Waals surface area (Å²) in [5.74, 6) is 0. The summed E-state index contributed by atoms with van der Waals surface area (Å²) in [6.07, 6.45) is 4.59. The molecule has 0 saturated heterocycles. The zero-order valence-electron chi connectivity index (χ0n) is 7.93. The molecule has 0 heterocycles. The molecule has 0 bridgehead atoms. The zero-order valence-corrected chi connectivity index (χ0v) is 7.93. The number of aliphatic hydroxyl groups is 1. The van der Waals surface area contributed by atoms with Crippen molar-refractivity contribution in [2.75, 3.05) is 7.05 Å². The fourth-order valence-corrected chi connectivity index (χ4v) is 1.24. The Kier molecular flexibility index (Phi) is 6.57. The quantitative estimate of drug-likeness (QED) is 0.576. The summed E-state index contributed by atoms with van der Waals surface area (Å²) in [7, 11) is 1.91. The Morgan fingerprint density at radius 2 is 2.00 bits per heavy atom. The molecular formula is C9H21NO. The molecule has 2 nitrogen and oxygen atoms in total. The number of rotatable bonds is 6. The van der Waals surface area contributed by atoms with Crippen LogP contribution in [-0.2, 0) is 0 Å². The van der Waals surface area contributed by atoms with Crippen LogP contribution in [0, 0.1) is 0 Å². The maximum atomic E-state index is 9.25. The van der Waals surface area contributed by atoms with Gasteiger partial charge in [0, 0.05) is 6.04 Å². The normalized spacial score (nSPS) is 16.4. The van der Waals surface area contributed by atoms with Gasteiger partial charge in [0.15, 0.2) is 0 Å². The molecule has 0 spiro atoms. The van der Waals surface area contributed by atoms with E-state index in [1.165, 1.54) is 19.3 Å². The lowest BCUT2D eigenvalue weighted by Crippen LogP contribution is -2.35. The standard InChI is InChI=1S/C9H21NO/c1-4-5-6-7-9(10-3)8(2)11/h8-11H,4-7H2,1-3H3. The van der Waals surface area contributed by atoms with Crippen molar-refractivity contribution in [3.8, 4) is 0 Å². The van der Waals surface area contributed by atoms with Crippen molar-refractivity contribution < 1.29 is 5.11 Å². The highest BCUT2D eigenvalue weighted by Crippen LogP contribution is 2.05. The first-order chi connectivity index (χ1) is 5.22. The molecule has 11 heavy (non-hydrogen) atoms. The Bertz CT molecular complexity index is 83.6. The Labute approximate surface area is 70.0 Å². The van der Waals surface area contributed by atoms with Gasteiger partial charge in [-0.3, -0.25) is 0 Å². The monoisotopic (exact) mass is 159 g/mol. The molecule has 0 aliphatic carbocycles. The Morgan fingerprint density at radius 3 is 2.36 bits per heavy atom. The van der Waals surface area contributed by atoms with E-state index >= 15 is 0 Å². The summed E-state index contributed by atoms with van der Waals surface area (Å²) in [6.45, 7) is 4.03. The second kappa shape index (κ2) is 6.62. The van der Waals surface area contributed by atoms with Crippen LogP contribution < -0.4 is 5.32 Å². The summed E-state index contributed by atoms with van der Waals surface area (Å²) in [5.41, 5.74) is 0. The molecule has 0 aromatic heterocycles. The van der Waals surface area contributed by atoms with E-state index in [2.05, 4.69) is 12.2 Å². The van der Waals surface area contributed by atoms with Crippen molar-refractivity contribution in [3.63, 3.8) is 0 Å².